The summed E-state index contributed by atoms with van der Waals surface area (Å²) >= 11 is 0. The van der Waals surface area contributed by atoms with Crippen molar-refractivity contribution in [2.24, 2.45) is 0 Å². The molecule has 2 nitrogen and oxygen atoms in total. The molecule has 0 saturated carbocycles. The molecule has 2 unspecified atom stereocenters. The first kappa shape index (κ1) is 48.2. The monoisotopic (exact) mass is 714 g/mol. The summed E-state index contributed by atoms with van der Waals surface area (Å²) in [5.74, 6) is 2.25. The van der Waals surface area contributed by atoms with Crippen molar-refractivity contribution in [3.8, 4) is 0 Å². The Balaban J connectivity index is 2.37. The molecule has 0 amide bonds. The van der Waals surface area contributed by atoms with Gasteiger partial charge in [0.25, 0.3) is 5.82 Å². The standard InChI is InChI=1S/C49H96N2/c1-5-8-11-14-17-20-22-24-25-27-29-32-35-38-41-44-48(43-40-37-34-31-28-26-23-21-18-15-12-9-6-2)49-50-45-46-51(49)47(4)42-39-36-33-30-19-16-13-10-7-3/h45-48H,5-44H2,1-4H3/p+1. The molecule has 0 spiro atoms. The predicted octanol–water partition coefficient (Wildman–Crippen LogP) is 17.6. The summed E-state index contributed by atoms with van der Waals surface area (Å²) in [6.45, 7) is 9.44. The smallest absolute Gasteiger partial charge is 0.247 e. The number of imidazole rings is 1. The fourth-order valence-corrected chi connectivity index (χ4v) is 8.55. The minimum atomic E-state index is 0.617. The van der Waals surface area contributed by atoms with E-state index in [1.165, 1.54) is 257 Å². The van der Waals surface area contributed by atoms with Crippen molar-refractivity contribution in [3.63, 3.8) is 0 Å². The number of nitrogens with zero attached hydrogens (tertiary/aromatic N) is 1. The topological polar surface area (TPSA) is 19.7 Å². The van der Waals surface area contributed by atoms with Crippen molar-refractivity contribution >= 4 is 0 Å². The number of unbranched alkanes of at least 4 members (excludes halogenated alkanes) is 34. The summed E-state index contributed by atoms with van der Waals surface area (Å²) in [5, 5.41) is 0. The van der Waals surface area contributed by atoms with Gasteiger partial charge < -0.3 is 0 Å². The quantitative estimate of drug-likeness (QED) is 0.0514. The van der Waals surface area contributed by atoms with Crippen LogP contribution in [0.1, 0.15) is 302 Å². The number of hydrogen-bond acceptors (Lipinski definition) is 0. The van der Waals surface area contributed by atoms with Crippen LogP contribution < -0.4 is 4.57 Å². The highest BCUT2D eigenvalue weighted by Gasteiger charge is 2.25. The molecule has 0 aromatic carbocycles. The van der Waals surface area contributed by atoms with Gasteiger partial charge in [0.05, 0.1) is 12.0 Å². The minimum Gasteiger partial charge on any atom is -0.247 e. The Morgan fingerprint density at radius 2 is 0.627 bits per heavy atom. The van der Waals surface area contributed by atoms with Crippen LogP contribution in [0, 0.1) is 0 Å². The molecule has 1 aromatic heterocycles. The number of hydrogen-bond donors (Lipinski definition) is 1. The minimum absolute atomic E-state index is 0.617. The second-order valence-corrected chi connectivity index (χ2v) is 17.2. The van der Waals surface area contributed by atoms with E-state index < -0.39 is 0 Å². The first-order valence-corrected chi connectivity index (χ1v) is 24.3. The van der Waals surface area contributed by atoms with Gasteiger partial charge in [-0.25, -0.2) is 9.55 Å². The molecule has 2 atom stereocenters. The van der Waals surface area contributed by atoms with E-state index >= 15 is 0 Å². The van der Waals surface area contributed by atoms with Crippen LogP contribution in [-0.2, 0) is 0 Å². The molecule has 0 aliphatic carbocycles. The van der Waals surface area contributed by atoms with Crippen molar-refractivity contribution in [1.82, 2.24) is 4.98 Å². The zero-order valence-electron chi connectivity index (χ0n) is 36.0. The molecule has 0 aliphatic rings. The lowest BCUT2D eigenvalue weighted by Crippen LogP contribution is -2.41. The van der Waals surface area contributed by atoms with E-state index in [1.54, 1.807) is 5.82 Å². The molecular formula is C49H97N2+. The fourth-order valence-electron chi connectivity index (χ4n) is 8.55. The Bertz CT molecular complexity index is 783. The first-order chi connectivity index (χ1) is 25.2. The molecule has 0 aliphatic heterocycles. The number of aromatic amines is 1. The van der Waals surface area contributed by atoms with Gasteiger partial charge in [-0.15, -0.1) is 0 Å². The molecule has 1 N–H and O–H groups in total. The number of rotatable bonds is 42. The lowest BCUT2D eigenvalue weighted by atomic mass is 9.92. The average molecular weight is 714 g/mol. The summed E-state index contributed by atoms with van der Waals surface area (Å²) in [4.78, 5) is 3.78. The van der Waals surface area contributed by atoms with E-state index in [0.717, 1.165) is 0 Å². The van der Waals surface area contributed by atoms with Gasteiger partial charge in [-0.1, -0.05) is 252 Å². The van der Waals surface area contributed by atoms with Crippen LogP contribution in [0.5, 0.6) is 0 Å². The Hall–Kier alpha value is -0.790. The van der Waals surface area contributed by atoms with Crippen molar-refractivity contribution in [2.45, 2.75) is 296 Å². The van der Waals surface area contributed by atoms with Crippen LogP contribution in [0.15, 0.2) is 12.4 Å². The predicted molar refractivity (Wildman–Crippen MR) is 230 cm³/mol. The third kappa shape index (κ3) is 30.3. The van der Waals surface area contributed by atoms with Crippen LogP contribution in [0.4, 0.5) is 0 Å². The maximum atomic E-state index is 3.78. The number of H-pyrrole nitrogens is 1. The molecule has 2 heteroatoms. The number of nitrogens with one attached hydrogen (secondary N) is 1. The van der Waals surface area contributed by atoms with Gasteiger partial charge in [-0.05, 0) is 32.6 Å². The molecule has 51 heavy (non-hydrogen) atoms. The highest BCUT2D eigenvalue weighted by atomic mass is 15.1. The molecule has 1 heterocycles. The summed E-state index contributed by atoms with van der Waals surface area (Å²) in [6.07, 6.45) is 62.1. The Morgan fingerprint density at radius 1 is 0.373 bits per heavy atom. The van der Waals surface area contributed by atoms with Gasteiger partial charge in [0, 0.05) is 0 Å². The van der Waals surface area contributed by atoms with E-state index in [2.05, 4.69) is 49.6 Å². The molecular weight excluding hydrogens is 617 g/mol. The van der Waals surface area contributed by atoms with Gasteiger partial charge in [-0.2, -0.15) is 0 Å². The largest absolute Gasteiger partial charge is 0.257 e. The van der Waals surface area contributed by atoms with Gasteiger partial charge in [0.1, 0.15) is 12.4 Å². The van der Waals surface area contributed by atoms with Gasteiger partial charge >= 0.3 is 0 Å². The van der Waals surface area contributed by atoms with E-state index in [1.807, 2.05) is 0 Å². The van der Waals surface area contributed by atoms with E-state index in [9.17, 15) is 0 Å². The summed E-state index contributed by atoms with van der Waals surface area (Å²) in [7, 11) is 0. The summed E-state index contributed by atoms with van der Waals surface area (Å²) in [6, 6.07) is 0.617. The van der Waals surface area contributed by atoms with Crippen LogP contribution in [0.2, 0.25) is 0 Å². The SMILES string of the molecule is CCCCCCCCCCCCCCCCCC(CCCCCCCCCCCCCCC)c1[nH]cc[n+]1C(C)CCCCCCCCCCC. The van der Waals surface area contributed by atoms with E-state index in [4.69, 9.17) is 0 Å². The third-order valence-corrected chi connectivity index (χ3v) is 12.1. The Morgan fingerprint density at radius 3 is 0.922 bits per heavy atom. The molecule has 0 fully saturated rings. The van der Waals surface area contributed by atoms with Crippen LogP contribution >= 0.6 is 0 Å². The van der Waals surface area contributed by atoms with Crippen molar-refractivity contribution < 1.29 is 4.57 Å². The molecule has 0 saturated heterocycles. The molecule has 0 bridgehead atoms. The van der Waals surface area contributed by atoms with E-state index in [-0.39, 0.29) is 0 Å². The normalized spacial score (nSPS) is 12.9. The summed E-state index contributed by atoms with van der Waals surface area (Å²) in [5.41, 5.74) is 0. The molecule has 1 aromatic rings. The van der Waals surface area contributed by atoms with Gasteiger partial charge in [-0.3, -0.25) is 0 Å². The Labute approximate surface area is 323 Å². The van der Waals surface area contributed by atoms with Crippen LogP contribution in [-0.4, -0.2) is 4.98 Å². The zero-order valence-corrected chi connectivity index (χ0v) is 36.0. The third-order valence-electron chi connectivity index (χ3n) is 12.1. The fraction of sp³-hybridized carbons (Fsp3) is 0.939. The highest BCUT2D eigenvalue weighted by molar-refractivity contribution is 4.90. The second kappa shape index (κ2) is 38.9. The molecule has 302 valence electrons. The lowest BCUT2D eigenvalue weighted by Gasteiger charge is -2.17. The van der Waals surface area contributed by atoms with Gasteiger partial charge in [0.15, 0.2) is 0 Å². The molecule has 1 rings (SSSR count). The maximum absolute atomic E-state index is 3.78. The molecule has 0 radical (unpaired) electrons. The Kier molecular flexibility index (Phi) is 36.8. The van der Waals surface area contributed by atoms with Gasteiger partial charge in [0.2, 0.25) is 0 Å². The first-order valence-electron chi connectivity index (χ1n) is 24.3. The van der Waals surface area contributed by atoms with Crippen LogP contribution in [0.25, 0.3) is 0 Å². The summed E-state index contributed by atoms with van der Waals surface area (Å²) < 4.78 is 2.66. The lowest BCUT2D eigenvalue weighted by molar-refractivity contribution is -0.727. The van der Waals surface area contributed by atoms with Crippen LogP contribution in [0.3, 0.4) is 0 Å². The van der Waals surface area contributed by atoms with Crippen molar-refractivity contribution in [2.75, 3.05) is 0 Å². The highest BCUT2D eigenvalue weighted by Crippen LogP contribution is 2.28. The zero-order chi connectivity index (χ0) is 36.7. The number of aromatic nitrogens is 2. The van der Waals surface area contributed by atoms with E-state index in [0.29, 0.717) is 12.0 Å². The average Bonchev–Trinajstić information content (AvgIpc) is 3.63. The van der Waals surface area contributed by atoms with Crippen molar-refractivity contribution in [3.05, 3.63) is 18.2 Å². The maximum Gasteiger partial charge on any atom is 0.257 e. The van der Waals surface area contributed by atoms with Crippen molar-refractivity contribution in [1.29, 1.82) is 0 Å². The second-order valence-electron chi connectivity index (χ2n) is 17.2.